The Bertz CT molecular complexity index is 870. The van der Waals surface area contributed by atoms with Crippen LogP contribution in [0.4, 0.5) is 4.39 Å². The number of hydrogen-bond acceptors (Lipinski definition) is 5. The van der Waals surface area contributed by atoms with Gasteiger partial charge in [0.2, 0.25) is 0 Å². The number of ketones is 1. The Hall–Kier alpha value is -2.31. The van der Waals surface area contributed by atoms with Crippen molar-refractivity contribution in [2.24, 2.45) is 5.92 Å². The summed E-state index contributed by atoms with van der Waals surface area (Å²) in [5, 5.41) is 0. The van der Waals surface area contributed by atoms with Gasteiger partial charge in [0.05, 0.1) is 11.7 Å². The number of fused-ring (bicyclic) bond motifs is 2. The summed E-state index contributed by atoms with van der Waals surface area (Å²) < 4.78 is 31.8. The number of esters is 1. The van der Waals surface area contributed by atoms with E-state index in [1.807, 2.05) is 6.92 Å². The average molecular weight is 402 g/mol. The third-order valence-electron chi connectivity index (χ3n) is 5.32. The fourth-order valence-electron chi connectivity index (χ4n) is 3.54. The van der Waals surface area contributed by atoms with E-state index in [1.165, 1.54) is 12.1 Å². The van der Waals surface area contributed by atoms with Gasteiger partial charge in [-0.1, -0.05) is 31.2 Å². The highest BCUT2D eigenvalue weighted by Crippen LogP contribution is 2.32. The lowest BCUT2D eigenvalue weighted by molar-refractivity contribution is -0.152. The molecule has 29 heavy (non-hydrogen) atoms. The third kappa shape index (κ3) is 4.65. The molecule has 0 radical (unpaired) electrons. The van der Waals surface area contributed by atoms with E-state index in [0.717, 1.165) is 0 Å². The van der Waals surface area contributed by atoms with Gasteiger partial charge in [0.25, 0.3) is 0 Å². The zero-order valence-electron chi connectivity index (χ0n) is 17.4. The van der Waals surface area contributed by atoms with Crippen molar-refractivity contribution in [1.29, 1.82) is 0 Å². The topological polar surface area (TPSA) is 61.8 Å². The first-order valence-corrected chi connectivity index (χ1v) is 9.83. The number of halogens is 1. The van der Waals surface area contributed by atoms with Gasteiger partial charge in [-0.2, -0.15) is 0 Å². The minimum atomic E-state index is -0.891. The predicted molar refractivity (Wildman–Crippen MR) is 107 cm³/mol. The van der Waals surface area contributed by atoms with E-state index >= 15 is 0 Å². The molecule has 3 rings (SSSR count). The SMILES string of the molecule is Cc1ccc(F)c2c1C(=O)O[C@@H](C)[C@H](C)/C=C\C(=O)[C@H]1OC(C)(C)O[C@H]1C/C=C/2. The molecule has 2 aliphatic rings. The van der Waals surface area contributed by atoms with E-state index in [-0.39, 0.29) is 22.8 Å². The maximum atomic E-state index is 14.5. The second-order valence-corrected chi connectivity index (χ2v) is 8.12. The first-order chi connectivity index (χ1) is 13.6. The summed E-state index contributed by atoms with van der Waals surface area (Å²) in [6.07, 6.45) is 5.00. The minimum absolute atomic E-state index is 0.170. The number of hydrogen-bond donors (Lipinski definition) is 0. The van der Waals surface area contributed by atoms with E-state index in [0.29, 0.717) is 12.0 Å². The van der Waals surface area contributed by atoms with Crippen LogP contribution in [0.3, 0.4) is 0 Å². The van der Waals surface area contributed by atoms with Crippen LogP contribution in [-0.2, 0) is 19.0 Å². The number of carbonyl (C=O) groups is 2. The summed E-state index contributed by atoms with van der Waals surface area (Å²) in [4.78, 5) is 25.5. The Morgan fingerprint density at radius 3 is 2.55 bits per heavy atom. The van der Waals surface area contributed by atoms with Gasteiger partial charge in [0.15, 0.2) is 11.6 Å². The Balaban J connectivity index is 2.04. The van der Waals surface area contributed by atoms with Crippen molar-refractivity contribution in [3.05, 3.63) is 52.9 Å². The quantitative estimate of drug-likeness (QED) is 0.603. The number of benzene rings is 1. The Morgan fingerprint density at radius 1 is 1.10 bits per heavy atom. The zero-order valence-corrected chi connectivity index (χ0v) is 17.4. The monoisotopic (exact) mass is 402 g/mol. The van der Waals surface area contributed by atoms with Crippen LogP contribution in [0.1, 0.15) is 55.6 Å². The van der Waals surface area contributed by atoms with Crippen LogP contribution in [0, 0.1) is 18.7 Å². The fraction of sp³-hybridized carbons (Fsp3) is 0.478. The smallest absolute Gasteiger partial charge is 0.339 e. The molecule has 2 aliphatic heterocycles. The van der Waals surface area contributed by atoms with E-state index in [1.54, 1.807) is 52.0 Å². The maximum absolute atomic E-state index is 14.5. The molecule has 0 bridgehead atoms. The highest BCUT2D eigenvalue weighted by atomic mass is 19.1. The Kier molecular flexibility index (Phi) is 6.05. The van der Waals surface area contributed by atoms with Gasteiger partial charge in [-0.05, 0) is 51.8 Å². The normalized spacial score (nSPS) is 31.9. The van der Waals surface area contributed by atoms with Gasteiger partial charge in [0, 0.05) is 11.5 Å². The van der Waals surface area contributed by atoms with Crippen LogP contribution in [0.5, 0.6) is 0 Å². The molecule has 0 aromatic heterocycles. The van der Waals surface area contributed by atoms with Crippen LogP contribution >= 0.6 is 0 Å². The summed E-state index contributed by atoms with van der Waals surface area (Å²) in [5.41, 5.74) is 1.01. The molecular weight excluding hydrogens is 375 g/mol. The number of cyclic esters (lactones) is 1. The highest BCUT2D eigenvalue weighted by Gasteiger charge is 2.43. The average Bonchev–Trinajstić information content (AvgIpc) is 2.96. The molecule has 2 heterocycles. The molecule has 1 saturated heterocycles. The molecular formula is C23H27FO5. The van der Waals surface area contributed by atoms with E-state index < -0.39 is 35.9 Å². The summed E-state index contributed by atoms with van der Waals surface area (Å²) in [6.45, 7) is 8.85. The molecule has 1 aromatic rings. The van der Waals surface area contributed by atoms with Gasteiger partial charge in [-0.15, -0.1) is 0 Å². The molecule has 0 aliphatic carbocycles. The van der Waals surface area contributed by atoms with E-state index in [9.17, 15) is 14.0 Å². The minimum Gasteiger partial charge on any atom is -0.458 e. The Morgan fingerprint density at radius 2 is 1.83 bits per heavy atom. The molecule has 0 spiro atoms. The van der Waals surface area contributed by atoms with E-state index in [4.69, 9.17) is 14.2 Å². The van der Waals surface area contributed by atoms with Crippen molar-refractivity contribution < 1.29 is 28.2 Å². The lowest BCUT2D eigenvalue weighted by Crippen LogP contribution is -2.30. The molecule has 4 atom stereocenters. The zero-order chi connectivity index (χ0) is 21.3. The van der Waals surface area contributed by atoms with Gasteiger partial charge in [-0.3, -0.25) is 4.79 Å². The number of rotatable bonds is 0. The number of aryl methyl sites for hydroxylation is 1. The van der Waals surface area contributed by atoms with Crippen molar-refractivity contribution in [2.75, 3.05) is 0 Å². The summed E-state index contributed by atoms with van der Waals surface area (Å²) in [7, 11) is 0. The summed E-state index contributed by atoms with van der Waals surface area (Å²) >= 11 is 0. The number of carbonyl (C=O) groups excluding carboxylic acids is 2. The second kappa shape index (κ2) is 8.20. The maximum Gasteiger partial charge on any atom is 0.339 e. The molecule has 5 nitrogen and oxygen atoms in total. The third-order valence-corrected chi connectivity index (χ3v) is 5.32. The van der Waals surface area contributed by atoms with Crippen molar-refractivity contribution in [1.82, 2.24) is 0 Å². The summed E-state index contributed by atoms with van der Waals surface area (Å²) in [6, 6.07) is 2.89. The largest absolute Gasteiger partial charge is 0.458 e. The van der Waals surface area contributed by atoms with Crippen molar-refractivity contribution in [2.45, 2.75) is 65.1 Å². The molecule has 1 aromatic carbocycles. The van der Waals surface area contributed by atoms with Gasteiger partial charge >= 0.3 is 5.97 Å². The molecule has 6 heteroatoms. The first kappa shape index (κ1) is 21.4. The first-order valence-electron chi connectivity index (χ1n) is 9.83. The lowest BCUT2D eigenvalue weighted by atomic mass is 9.98. The molecule has 156 valence electrons. The van der Waals surface area contributed by atoms with Crippen LogP contribution < -0.4 is 0 Å². The second-order valence-electron chi connectivity index (χ2n) is 8.12. The molecule has 1 fully saturated rings. The Labute approximate surface area is 170 Å². The van der Waals surface area contributed by atoms with Crippen LogP contribution in [0.15, 0.2) is 30.4 Å². The molecule has 0 N–H and O–H groups in total. The van der Waals surface area contributed by atoms with E-state index in [2.05, 4.69) is 0 Å². The predicted octanol–water partition coefficient (Wildman–Crippen LogP) is 4.38. The number of ether oxygens (including phenoxy) is 3. The molecule has 0 saturated carbocycles. The van der Waals surface area contributed by atoms with Crippen LogP contribution in [0.2, 0.25) is 0 Å². The van der Waals surface area contributed by atoms with Gasteiger partial charge in [0.1, 0.15) is 18.0 Å². The van der Waals surface area contributed by atoms with Crippen molar-refractivity contribution in [3.8, 4) is 0 Å². The molecule has 0 unspecified atom stereocenters. The fourth-order valence-corrected chi connectivity index (χ4v) is 3.54. The van der Waals surface area contributed by atoms with Crippen LogP contribution in [0.25, 0.3) is 6.08 Å². The van der Waals surface area contributed by atoms with Gasteiger partial charge in [-0.25, -0.2) is 9.18 Å². The van der Waals surface area contributed by atoms with Crippen LogP contribution in [-0.4, -0.2) is 35.9 Å². The molecule has 0 amide bonds. The highest BCUT2D eigenvalue weighted by molar-refractivity contribution is 5.96. The van der Waals surface area contributed by atoms with Crippen molar-refractivity contribution >= 4 is 17.8 Å². The summed E-state index contributed by atoms with van der Waals surface area (Å²) in [5.74, 6) is -2.41. The lowest BCUT2D eigenvalue weighted by Gasteiger charge is -2.20. The standard InChI is InChI=1S/C23H27FO5/c1-13-10-12-18(25)21-19(28-23(4,5)29-21)8-6-7-16-17(24)11-9-14(2)20(16)22(26)27-15(13)3/h6-7,9-13,15,19,21H,8H2,1-5H3/b7-6+,12-10-/t13-,15+,19+,21-/m1/s1. The van der Waals surface area contributed by atoms with Gasteiger partial charge < -0.3 is 14.2 Å². The van der Waals surface area contributed by atoms with Crippen molar-refractivity contribution in [3.63, 3.8) is 0 Å².